The lowest BCUT2D eigenvalue weighted by molar-refractivity contribution is 0.218. The quantitative estimate of drug-likeness (QED) is 0.720. The lowest BCUT2D eigenvalue weighted by atomic mass is 10.2. The Bertz CT molecular complexity index is 690. The normalized spacial score (nSPS) is 12.5. The largest absolute Gasteiger partial charge is 0.484 e. The summed E-state index contributed by atoms with van der Waals surface area (Å²) >= 11 is 0. The van der Waals surface area contributed by atoms with E-state index in [1.807, 2.05) is 37.3 Å². The molecule has 0 amide bonds. The Kier molecular flexibility index (Phi) is 2.87. The number of aromatic nitrogens is 4. The van der Waals surface area contributed by atoms with Crippen molar-refractivity contribution in [3.8, 4) is 5.75 Å². The molecule has 19 heavy (non-hydrogen) atoms. The number of benzene rings is 1. The molecule has 3 rings (SSSR count). The highest BCUT2D eigenvalue weighted by atomic mass is 16.5. The fraction of sp³-hybridized carbons (Fsp3) is 0.214. The number of rotatable bonds is 3. The smallest absolute Gasteiger partial charge is 0.252 e. The highest BCUT2D eigenvalue weighted by Gasteiger charge is 2.12. The molecule has 0 aliphatic carbocycles. The zero-order valence-corrected chi connectivity index (χ0v) is 10.8. The Hall–Kier alpha value is -2.43. The molecule has 1 atom stereocenters. The number of nitrogens with zero attached hydrogens (tertiary/aromatic N) is 4. The van der Waals surface area contributed by atoms with Gasteiger partial charge in [0, 0.05) is 6.20 Å². The van der Waals surface area contributed by atoms with Crippen LogP contribution in [-0.2, 0) is 0 Å². The van der Waals surface area contributed by atoms with Gasteiger partial charge in [0.2, 0.25) is 0 Å². The molecule has 0 spiro atoms. The fourth-order valence-corrected chi connectivity index (χ4v) is 1.95. The predicted molar refractivity (Wildman–Crippen MR) is 71.0 cm³/mol. The van der Waals surface area contributed by atoms with Crippen molar-refractivity contribution in [2.45, 2.75) is 20.0 Å². The van der Waals surface area contributed by atoms with Crippen LogP contribution >= 0.6 is 0 Å². The van der Waals surface area contributed by atoms with Gasteiger partial charge in [0.1, 0.15) is 18.2 Å². The summed E-state index contributed by atoms with van der Waals surface area (Å²) in [6.45, 7) is 4.03. The summed E-state index contributed by atoms with van der Waals surface area (Å²) in [5, 5.41) is 4.16. The Balaban J connectivity index is 1.89. The van der Waals surface area contributed by atoms with Gasteiger partial charge < -0.3 is 4.74 Å². The van der Waals surface area contributed by atoms with E-state index in [4.69, 9.17) is 4.74 Å². The van der Waals surface area contributed by atoms with Gasteiger partial charge in [0.25, 0.3) is 5.78 Å². The van der Waals surface area contributed by atoms with Gasteiger partial charge in [-0.15, -0.1) is 0 Å². The van der Waals surface area contributed by atoms with Gasteiger partial charge in [-0.3, -0.25) is 0 Å². The summed E-state index contributed by atoms with van der Waals surface area (Å²) in [6.07, 6.45) is 3.08. The summed E-state index contributed by atoms with van der Waals surface area (Å²) in [5.74, 6) is 1.42. The molecule has 0 radical (unpaired) electrons. The monoisotopic (exact) mass is 254 g/mol. The van der Waals surface area contributed by atoms with Crippen LogP contribution in [0.2, 0.25) is 0 Å². The lowest BCUT2D eigenvalue weighted by Crippen LogP contribution is -2.10. The molecule has 3 aromatic rings. The van der Waals surface area contributed by atoms with E-state index in [0.29, 0.717) is 5.78 Å². The first-order valence-electron chi connectivity index (χ1n) is 6.12. The van der Waals surface area contributed by atoms with Crippen molar-refractivity contribution in [2.24, 2.45) is 0 Å². The van der Waals surface area contributed by atoms with Crippen LogP contribution in [0.15, 0.2) is 42.9 Å². The van der Waals surface area contributed by atoms with Crippen LogP contribution in [0, 0.1) is 6.92 Å². The van der Waals surface area contributed by atoms with E-state index < -0.39 is 0 Å². The minimum Gasteiger partial charge on any atom is -0.484 e. The molecule has 1 unspecified atom stereocenters. The maximum Gasteiger partial charge on any atom is 0.252 e. The summed E-state index contributed by atoms with van der Waals surface area (Å²) in [4.78, 5) is 8.20. The molecule has 0 fully saturated rings. The van der Waals surface area contributed by atoms with Crippen molar-refractivity contribution in [3.63, 3.8) is 0 Å². The van der Waals surface area contributed by atoms with Gasteiger partial charge in [-0.25, -0.2) is 4.98 Å². The second-order valence-electron chi connectivity index (χ2n) is 4.41. The first-order chi connectivity index (χ1) is 9.24. The van der Waals surface area contributed by atoms with E-state index in [9.17, 15) is 0 Å². The Morgan fingerprint density at radius 1 is 1.11 bits per heavy atom. The molecule has 0 aliphatic rings. The highest BCUT2D eigenvalue weighted by molar-refractivity contribution is 5.29. The second kappa shape index (κ2) is 4.68. The molecule has 0 saturated carbocycles. The molecule has 0 bridgehead atoms. The summed E-state index contributed by atoms with van der Waals surface area (Å²) < 4.78 is 7.61. The van der Waals surface area contributed by atoms with E-state index in [0.717, 1.165) is 11.4 Å². The average molecular weight is 254 g/mol. The molecule has 0 aliphatic heterocycles. The van der Waals surface area contributed by atoms with Crippen molar-refractivity contribution in [2.75, 3.05) is 0 Å². The maximum absolute atomic E-state index is 5.92. The third-order valence-electron chi connectivity index (χ3n) is 2.96. The Labute approximate surface area is 110 Å². The predicted octanol–water partition coefficient (Wildman–Crippen LogP) is 2.57. The first-order valence-corrected chi connectivity index (χ1v) is 6.12. The highest BCUT2D eigenvalue weighted by Crippen LogP contribution is 2.21. The minimum atomic E-state index is -0.130. The van der Waals surface area contributed by atoms with Crippen LogP contribution in [0.4, 0.5) is 0 Å². The lowest BCUT2D eigenvalue weighted by Gasteiger charge is -2.15. The SMILES string of the molecule is Cc1ccc(OC(C)c2ccnc3ncnn23)cc1. The van der Waals surface area contributed by atoms with Crippen LogP contribution in [0.1, 0.15) is 24.3 Å². The average Bonchev–Trinajstić information content (AvgIpc) is 2.89. The number of hydrogen-bond donors (Lipinski definition) is 0. The molecule has 96 valence electrons. The van der Waals surface area contributed by atoms with Crippen molar-refractivity contribution < 1.29 is 4.74 Å². The van der Waals surface area contributed by atoms with Crippen molar-refractivity contribution in [1.29, 1.82) is 0 Å². The standard InChI is InChI=1S/C14H14N4O/c1-10-3-5-12(6-4-10)19-11(2)13-7-8-15-14-16-9-17-18(13)14/h3-9,11H,1-2H3. The molecule has 0 N–H and O–H groups in total. The van der Waals surface area contributed by atoms with E-state index in [1.54, 1.807) is 10.7 Å². The first kappa shape index (κ1) is 11.6. The van der Waals surface area contributed by atoms with Crippen LogP contribution < -0.4 is 4.74 Å². The zero-order chi connectivity index (χ0) is 13.2. The molecule has 0 saturated heterocycles. The number of ether oxygens (including phenoxy) is 1. The second-order valence-corrected chi connectivity index (χ2v) is 4.41. The van der Waals surface area contributed by atoms with Gasteiger partial charge in [-0.2, -0.15) is 14.6 Å². The summed E-state index contributed by atoms with van der Waals surface area (Å²) in [6, 6.07) is 9.87. The van der Waals surface area contributed by atoms with Crippen LogP contribution in [-0.4, -0.2) is 19.6 Å². The van der Waals surface area contributed by atoms with Crippen LogP contribution in [0.5, 0.6) is 5.75 Å². The minimum absolute atomic E-state index is 0.130. The Morgan fingerprint density at radius 3 is 2.68 bits per heavy atom. The molecular formula is C14H14N4O. The fourth-order valence-electron chi connectivity index (χ4n) is 1.95. The van der Waals surface area contributed by atoms with Crippen molar-refractivity contribution in [1.82, 2.24) is 19.6 Å². The van der Waals surface area contributed by atoms with Crippen molar-refractivity contribution >= 4 is 5.78 Å². The maximum atomic E-state index is 5.92. The van der Waals surface area contributed by atoms with E-state index in [1.165, 1.54) is 11.9 Å². The molecule has 2 aromatic heterocycles. The van der Waals surface area contributed by atoms with E-state index in [-0.39, 0.29) is 6.10 Å². The molecule has 5 heteroatoms. The van der Waals surface area contributed by atoms with Crippen molar-refractivity contribution in [3.05, 3.63) is 54.1 Å². The molecular weight excluding hydrogens is 240 g/mol. The summed E-state index contributed by atoms with van der Waals surface area (Å²) in [7, 11) is 0. The van der Waals surface area contributed by atoms with E-state index >= 15 is 0 Å². The third-order valence-corrected chi connectivity index (χ3v) is 2.96. The molecule has 5 nitrogen and oxygen atoms in total. The third kappa shape index (κ3) is 2.27. The molecule has 1 aromatic carbocycles. The Morgan fingerprint density at radius 2 is 1.89 bits per heavy atom. The molecule has 2 heterocycles. The number of hydrogen-bond acceptors (Lipinski definition) is 4. The van der Waals surface area contributed by atoms with Gasteiger partial charge in [-0.1, -0.05) is 17.7 Å². The topological polar surface area (TPSA) is 52.3 Å². The van der Waals surface area contributed by atoms with Crippen LogP contribution in [0.3, 0.4) is 0 Å². The van der Waals surface area contributed by atoms with Crippen LogP contribution in [0.25, 0.3) is 5.78 Å². The summed E-state index contributed by atoms with van der Waals surface area (Å²) in [5.41, 5.74) is 2.13. The number of aryl methyl sites for hydroxylation is 1. The zero-order valence-electron chi connectivity index (χ0n) is 10.8. The van der Waals surface area contributed by atoms with Gasteiger partial charge in [-0.05, 0) is 32.0 Å². The van der Waals surface area contributed by atoms with Gasteiger partial charge in [0.15, 0.2) is 0 Å². The van der Waals surface area contributed by atoms with Gasteiger partial charge >= 0.3 is 0 Å². The van der Waals surface area contributed by atoms with Gasteiger partial charge in [0.05, 0.1) is 5.69 Å². The number of fused-ring (bicyclic) bond motifs is 1. The van der Waals surface area contributed by atoms with E-state index in [2.05, 4.69) is 22.0 Å².